The fourth-order valence-electron chi connectivity index (χ4n) is 3.14. The van der Waals surface area contributed by atoms with Gasteiger partial charge in [-0.2, -0.15) is 0 Å². The number of ketones is 1. The van der Waals surface area contributed by atoms with Crippen molar-refractivity contribution >= 4 is 11.5 Å². The van der Waals surface area contributed by atoms with Crippen LogP contribution in [0.1, 0.15) is 62.3 Å². The lowest BCUT2D eigenvalue weighted by Gasteiger charge is -2.20. The highest BCUT2D eigenvalue weighted by Gasteiger charge is 2.22. The van der Waals surface area contributed by atoms with Gasteiger partial charge < -0.3 is 5.73 Å². The van der Waals surface area contributed by atoms with E-state index in [0.29, 0.717) is 6.54 Å². The Labute approximate surface area is 175 Å². The van der Waals surface area contributed by atoms with Crippen LogP contribution in [-0.4, -0.2) is 11.5 Å². The molecule has 0 aliphatic rings. The Hall–Kier alpha value is -2.68. The van der Waals surface area contributed by atoms with Crippen LogP contribution < -0.4 is 5.73 Å². The van der Waals surface area contributed by atoms with Gasteiger partial charge in [-0.1, -0.05) is 61.9 Å². The number of hydrogen-bond donors (Lipinski definition) is 1. The van der Waals surface area contributed by atoms with Crippen LogP contribution in [0.3, 0.4) is 0 Å². The van der Waals surface area contributed by atoms with Gasteiger partial charge in [-0.25, -0.2) is 0 Å². The molecular weight excluding hydrogens is 356 g/mol. The summed E-state index contributed by atoms with van der Waals surface area (Å²) in [6.07, 6.45) is 4.46. The molecule has 0 saturated carbocycles. The molecule has 0 atom stereocenters. The number of hydrogen-bond acceptors (Lipinski definition) is 3. The first-order valence-electron chi connectivity index (χ1n) is 10.3. The number of carbonyl (C=O) groups is 1. The third kappa shape index (κ3) is 7.01. The maximum absolute atomic E-state index is 11.7. The molecular formula is C26H34N2O. The van der Waals surface area contributed by atoms with Crippen LogP contribution in [0.15, 0.2) is 65.3 Å². The summed E-state index contributed by atoms with van der Waals surface area (Å²) in [6.45, 7) is 10.5. The van der Waals surface area contributed by atoms with E-state index in [0.717, 1.165) is 36.2 Å². The van der Waals surface area contributed by atoms with E-state index in [1.165, 1.54) is 16.7 Å². The average molecular weight is 391 g/mol. The number of aryl methyl sites for hydroxylation is 2. The molecule has 29 heavy (non-hydrogen) atoms. The van der Waals surface area contributed by atoms with Gasteiger partial charge in [-0.05, 0) is 68.9 Å². The molecule has 0 heterocycles. The van der Waals surface area contributed by atoms with E-state index in [1.807, 2.05) is 38.1 Å². The van der Waals surface area contributed by atoms with Crippen LogP contribution in [0.4, 0.5) is 0 Å². The first-order valence-corrected chi connectivity index (χ1v) is 10.3. The van der Waals surface area contributed by atoms with Gasteiger partial charge in [0.05, 0.1) is 12.3 Å². The molecule has 0 unspecified atom stereocenters. The van der Waals surface area contributed by atoms with Crippen molar-refractivity contribution in [3.8, 4) is 0 Å². The third-order valence-electron chi connectivity index (χ3n) is 5.54. The number of nitrogens with two attached hydrogens (primary N) is 1. The van der Waals surface area contributed by atoms with E-state index in [9.17, 15) is 4.79 Å². The van der Waals surface area contributed by atoms with Crippen molar-refractivity contribution in [2.24, 2.45) is 16.1 Å². The molecule has 3 nitrogen and oxygen atoms in total. The molecule has 0 aliphatic heterocycles. The summed E-state index contributed by atoms with van der Waals surface area (Å²) in [4.78, 5) is 16.6. The minimum Gasteiger partial charge on any atom is -0.402 e. The van der Waals surface area contributed by atoms with E-state index in [4.69, 9.17) is 10.7 Å². The zero-order valence-electron chi connectivity index (χ0n) is 18.5. The van der Waals surface area contributed by atoms with E-state index in [2.05, 4.69) is 44.2 Å². The topological polar surface area (TPSA) is 55.5 Å². The predicted octanol–water partition coefficient (Wildman–Crippen LogP) is 5.92. The largest absolute Gasteiger partial charge is 0.402 e. The molecule has 2 N–H and O–H groups in total. The summed E-state index contributed by atoms with van der Waals surface area (Å²) < 4.78 is 0. The molecule has 0 aromatic heterocycles. The molecule has 0 radical (unpaired) electrons. The molecule has 0 spiro atoms. The monoisotopic (exact) mass is 390 g/mol. The molecule has 2 aromatic rings. The third-order valence-corrected chi connectivity index (χ3v) is 5.54. The first-order chi connectivity index (χ1) is 13.7. The SMILES string of the molecule is CC(=O)C(C)(C)CCCC(N)=CC(=NCc1ccccc1C)c1cccc(C)c1. The lowest BCUT2D eigenvalue weighted by molar-refractivity contribution is -0.125. The lowest BCUT2D eigenvalue weighted by Crippen LogP contribution is -2.21. The second kappa shape index (κ2) is 10.2. The maximum Gasteiger partial charge on any atom is 0.135 e. The molecule has 0 fully saturated rings. The molecule has 0 bridgehead atoms. The number of allylic oxidation sites excluding steroid dienone is 2. The Morgan fingerprint density at radius 1 is 1.10 bits per heavy atom. The molecule has 2 aromatic carbocycles. The van der Waals surface area contributed by atoms with Crippen molar-refractivity contribution in [1.82, 2.24) is 0 Å². The quantitative estimate of drug-likeness (QED) is 0.540. The first kappa shape index (κ1) is 22.6. The Balaban J connectivity index is 2.21. The number of aliphatic imine (C=N–C) groups is 1. The lowest BCUT2D eigenvalue weighted by atomic mass is 9.83. The zero-order valence-corrected chi connectivity index (χ0v) is 18.5. The van der Waals surface area contributed by atoms with Gasteiger partial charge in [0.1, 0.15) is 5.78 Å². The average Bonchev–Trinajstić information content (AvgIpc) is 2.66. The Bertz CT molecular complexity index is 906. The number of Topliss-reactive ketones (excluding diaryl/α,β-unsaturated/α-hetero) is 1. The fourth-order valence-corrected chi connectivity index (χ4v) is 3.14. The highest BCUT2D eigenvalue weighted by Crippen LogP contribution is 2.25. The van der Waals surface area contributed by atoms with Crippen molar-refractivity contribution in [1.29, 1.82) is 0 Å². The van der Waals surface area contributed by atoms with Gasteiger partial charge in [-0.15, -0.1) is 0 Å². The number of benzene rings is 2. The van der Waals surface area contributed by atoms with E-state index >= 15 is 0 Å². The standard InChI is InChI=1S/C26H34N2O/c1-19-10-8-13-22(16-19)25(28-18-23-12-7-6-11-20(23)2)17-24(27)14-9-15-26(4,5)21(3)29/h6-8,10-13,16-17H,9,14-15,18,27H2,1-5H3. The molecule has 3 heteroatoms. The molecule has 0 amide bonds. The Morgan fingerprint density at radius 2 is 1.83 bits per heavy atom. The Morgan fingerprint density at radius 3 is 2.48 bits per heavy atom. The van der Waals surface area contributed by atoms with Crippen LogP contribution in [0.2, 0.25) is 0 Å². The summed E-state index contributed by atoms with van der Waals surface area (Å²) in [5.74, 6) is 0.222. The maximum atomic E-state index is 11.7. The van der Waals surface area contributed by atoms with Gasteiger partial charge in [-0.3, -0.25) is 9.79 Å². The van der Waals surface area contributed by atoms with Crippen molar-refractivity contribution in [3.05, 3.63) is 82.6 Å². The Kier molecular flexibility index (Phi) is 7.95. The zero-order chi connectivity index (χ0) is 21.4. The van der Waals surface area contributed by atoms with Crippen LogP contribution in [0.5, 0.6) is 0 Å². The van der Waals surface area contributed by atoms with Crippen molar-refractivity contribution < 1.29 is 4.79 Å². The van der Waals surface area contributed by atoms with E-state index < -0.39 is 0 Å². The minimum atomic E-state index is -0.293. The summed E-state index contributed by atoms with van der Waals surface area (Å²) in [5.41, 5.74) is 12.5. The van der Waals surface area contributed by atoms with Gasteiger partial charge in [0.15, 0.2) is 0 Å². The van der Waals surface area contributed by atoms with E-state index in [-0.39, 0.29) is 11.2 Å². The highest BCUT2D eigenvalue weighted by atomic mass is 16.1. The van der Waals surface area contributed by atoms with E-state index in [1.54, 1.807) is 6.92 Å². The van der Waals surface area contributed by atoms with Crippen LogP contribution in [0, 0.1) is 19.3 Å². The smallest absolute Gasteiger partial charge is 0.135 e. The van der Waals surface area contributed by atoms with Crippen LogP contribution >= 0.6 is 0 Å². The van der Waals surface area contributed by atoms with Crippen molar-refractivity contribution in [2.75, 3.05) is 0 Å². The molecule has 0 saturated heterocycles. The second-order valence-electron chi connectivity index (χ2n) is 8.51. The predicted molar refractivity (Wildman–Crippen MR) is 123 cm³/mol. The number of nitrogens with zero attached hydrogens (tertiary/aromatic N) is 1. The fraction of sp³-hybridized carbons (Fsp3) is 0.385. The summed E-state index contributed by atoms with van der Waals surface area (Å²) in [5, 5.41) is 0. The highest BCUT2D eigenvalue weighted by molar-refractivity contribution is 6.09. The van der Waals surface area contributed by atoms with Crippen molar-refractivity contribution in [2.45, 2.75) is 60.4 Å². The minimum absolute atomic E-state index is 0.222. The molecule has 0 aliphatic carbocycles. The number of carbonyl (C=O) groups excluding carboxylic acids is 1. The molecule has 2 rings (SSSR count). The van der Waals surface area contributed by atoms with Gasteiger partial charge in [0.25, 0.3) is 0 Å². The van der Waals surface area contributed by atoms with Gasteiger partial charge >= 0.3 is 0 Å². The summed E-state index contributed by atoms with van der Waals surface area (Å²) >= 11 is 0. The van der Waals surface area contributed by atoms with Crippen molar-refractivity contribution in [3.63, 3.8) is 0 Å². The van der Waals surface area contributed by atoms with Crippen LogP contribution in [0.25, 0.3) is 0 Å². The molecule has 154 valence electrons. The van der Waals surface area contributed by atoms with Gasteiger partial charge in [0, 0.05) is 11.1 Å². The second-order valence-corrected chi connectivity index (χ2v) is 8.51. The van der Waals surface area contributed by atoms with Gasteiger partial charge in [0.2, 0.25) is 0 Å². The normalized spacial score (nSPS) is 12.9. The number of rotatable bonds is 9. The summed E-state index contributed by atoms with van der Waals surface area (Å²) in [6, 6.07) is 16.7. The van der Waals surface area contributed by atoms with Crippen LogP contribution in [-0.2, 0) is 11.3 Å². The summed E-state index contributed by atoms with van der Waals surface area (Å²) in [7, 11) is 0.